The summed E-state index contributed by atoms with van der Waals surface area (Å²) in [5.41, 5.74) is 2.50. The molecule has 3 rings (SSSR count). The van der Waals surface area contributed by atoms with Crippen LogP contribution in [0, 0.1) is 6.92 Å². The van der Waals surface area contributed by atoms with Crippen LogP contribution in [0.15, 0.2) is 39.5 Å². The zero-order valence-corrected chi connectivity index (χ0v) is 13.3. The summed E-state index contributed by atoms with van der Waals surface area (Å²) >= 11 is 3.40. The number of carbonyl (C=O) groups is 1. The Labute approximate surface area is 130 Å². The van der Waals surface area contributed by atoms with Crippen molar-refractivity contribution in [1.82, 2.24) is 15.1 Å². The first-order valence-electron chi connectivity index (χ1n) is 6.49. The van der Waals surface area contributed by atoms with E-state index in [1.807, 2.05) is 38.4 Å². The van der Waals surface area contributed by atoms with E-state index in [1.54, 1.807) is 10.9 Å². The molecule has 108 valence electrons. The standard InChI is InChI=1S/C15H14BrN3O2/c1-9-12-4-3-11(16)5-13(12)21-14(9)15(20)17-6-10-7-18-19(2)8-10/h3-5,7-8H,6H2,1-2H3,(H,17,20). The highest BCUT2D eigenvalue weighted by atomic mass is 79.9. The van der Waals surface area contributed by atoms with Crippen LogP contribution >= 0.6 is 15.9 Å². The minimum absolute atomic E-state index is 0.219. The van der Waals surface area contributed by atoms with Gasteiger partial charge in [0.25, 0.3) is 5.91 Å². The van der Waals surface area contributed by atoms with E-state index in [1.165, 1.54) is 0 Å². The molecule has 2 heterocycles. The van der Waals surface area contributed by atoms with Gasteiger partial charge < -0.3 is 9.73 Å². The molecular weight excluding hydrogens is 334 g/mol. The maximum absolute atomic E-state index is 12.3. The molecule has 5 nitrogen and oxygen atoms in total. The smallest absolute Gasteiger partial charge is 0.287 e. The molecule has 1 amide bonds. The van der Waals surface area contributed by atoms with Crippen molar-refractivity contribution in [3.05, 3.63) is 52.0 Å². The van der Waals surface area contributed by atoms with Gasteiger partial charge in [-0.15, -0.1) is 0 Å². The third-order valence-corrected chi connectivity index (χ3v) is 3.81. The van der Waals surface area contributed by atoms with Gasteiger partial charge in [0, 0.05) is 40.8 Å². The normalized spacial score (nSPS) is 11.0. The Bertz CT molecular complexity index is 820. The van der Waals surface area contributed by atoms with E-state index >= 15 is 0 Å². The second-order valence-electron chi connectivity index (χ2n) is 4.90. The molecule has 21 heavy (non-hydrogen) atoms. The zero-order chi connectivity index (χ0) is 15.0. The van der Waals surface area contributed by atoms with Gasteiger partial charge in [0.2, 0.25) is 0 Å². The quantitative estimate of drug-likeness (QED) is 0.791. The first-order valence-corrected chi connectivity index (χ1v) is 7.28. The van der Waals surface area contributed by atoms with Crippen LogP contribution in [0.2, 0.25) is 0 Å². The van der Waals surface area contributed by atoms with Crippen LogP contribution in [0.5, 0.6) is 0 Å². The van der Waals surface area contributed by atoms with E-state index in [2.05, 4.69) is 26.3 Å². The van der Waals surface area contributed by atoms with E-state index in [9.17, 15) is 4.79 Å². The van der Waals surface area contributed by atoms with Crippen molar-refractivity contribution in [3.63, 3.8) is 0 Å². The number of furan rings is 1. The number of aromatic nitrogens is 2. The first kappa shape index (κ1) is 13.9. The largest absolute Gasteiger partial charge is 0.451 e. The summed E-state index contributed by atoms with van der Waals surface area (Å²) in [6, 6.07) is 5.73. The molecule has 0 bridgehead atoms. The topological polar surface area (TPSA) is 60.1 Å². The monoisotopic (exact) mass is 347 g/mol. The summed E-state index contributed by atoms with van der Waals surface area (Å²) in [5, 5.41) is 7.86. The number of benzene rings is 1. The minimum atomic E-state index is -0.219. The maximum Gasteiger partial charge on any atom is 0.287 e. The molecule has 0 atom stereocenters. The van der Waals surface area contributed by atoms with Gasteiger partial charge in [0.1, 0.15) is 5.58 Å². The molecule has 0 radical (unpaired) electrons. The van der Waals surface area contributed by atoms with Crippen molar-refractivity contribution in [3.8, 4) is 0 Å². The van der Waals surface area contributed by atoms with Gasteiger partial charge in [0.05, 0.1) is 6.20 Å². The predicted octanol–water partition coefficient (Wildman–Crippen LogP) is 3.17. The Hall–Kier alpha value is -2.08. The molecule has 0 fully saturated rings. The Balaban J connectivity index is 1.82. The number of aryl methyl sites for hydroxylation is 2. The van der Waals surface area contributed by atoms with Gasteiger partial charge in [0.15, 0.2) is 5.76 Å². The summed E-state index contributed by atoms with van der Waals surface area (Å²) in [7, 11) is 1.84. The number of hydrogen-bond donors (Lipinski definition) is 1. The lowest BCUT2D eigenvalue weighted by atomic mass is 10.1. The minimum Gasteiger partial charge on any atom is -0.451 e. The lowest BCUT2D eigenvalue weighted by Gasteiger charge is -2.01. The highest BCUT2D eigenvalue weighted by Gasteiger charge is 2.17. The molecule has 0 saturated heterocycles. The van der Waals surface area contributed by atoms with E-state index in [0.717, 1.165) is 21.0 Å². The van der Waals surface area contributed by atoms with Crippen LogP contribution in [0.1, 0.15) is 21.7 Å². The lowest BCUT2D eigenvalue weighted by molar-refractivity contribution is 0.0924. The molecule has 1 N–H and O–H groups in total. The maximum atomic E-state index is 12.3. The summed E-state index contributed by atoms with van der Waals surface area (Å²) in [5.74, 6) is 0.135. The Morgan fingerprint density at radius 2 is 2.29 bits per heavy atom. The predicted molar refractivity (Wildman–Crippen MR) is 83.0 cm³/mol. The zero-order valence-electron chi connectivity index (χ0n) is 11.7. The number of halogens is 1. The van der Waals surface area contributed by atoms with Crippen molar-refractivity contribution in [2.24, 2.45) is 7.05 Å². The van der Waals surface area contributed by atoms with E-state index in [-0.39, 0.29) is 5.91 Å². The van der Waals surface area contributed by atoms with Gasteiger partial charge in [-0.3, -0.25) is 9.48 Å². The van der Waals surface area contributed by atoms with Crippen molar-refractivity contribution >= 4 is 32.8 Å². The van der Waals surface area contributed by atoms with Gasteiger partial charge in [-0.25, -0.2) is 0 Å². The first-order chi connectivity index (χ1) is 10.0. The Kier molecular flexibility index (Phi) is 3.55. The molecule has 0 spiro atoms. The highest BCUT2D eigenvalue weighted by molar-refractivity contribution is 9.10. The SMILES string of the molecule is Cc1c(C(=O)NCc2cnn(C)c2)oc2cc(Br)ccc12. The second kappa shape index (κ2) is 5.37. The number of carbonyl (C=O) groups excluding carboxylic acids is 1. The van der Waals surface area contributed by atoms with Crippen LogP contribution in [0.25, 0.3) is 11.0 Å². The number of fused-ring (bicyclic) bond motifs is 1. The Morgan fingerprint density at radius 1 is 1.48 bits per heavy atom. The number of hydrogen-bond acceptors (Lipinski definition) is 3. The molecule has 3 aromatic rings. The van der Waals surface area contributed by atoms with Crippen LogP contribution in [0.3, 0.4) is 0 Å². The van der Waals surface area contributed by atoms with Crippen molar-refractivity contribution in [2.45, 2.75) is 13.5 Å². The fraction of sp³-hybridized carbons (Fsp3) is 0.200. The van der Waals surface area contributed by atoms with Crippen LogP contribution in [-0.2, 0) is 13.6 Å². The van der Waals surface area contributed by atoms with Crippen molar-refractivity contribution < 1.29 is 9.21 Å². The highest BCUT2D eigenvalue weighted by Crippen LogP contribution is 2.27. The van der Waals surface area contributed by atoms with Crippen molar-refractivity contribution in [2.75, 3.05) is 0 Å². The summed E-state index contributed by atoms with van der Waals surface area (Å²) < 4.78 is 8.29. The molecule has 2 aromatic heterocycles. The van der Waals surface area contributed by atoms with E-state index in [0.29, 0.717) is 17.9 Å². The number of nitrogens with one attached hydrogen (secondary N) is 1. The second-order valence-corrected chi connectivity index (χ2v) is 5.82. The molecule has 0 unspecified atom stereocenters. The number of amides is 1. The molecule has 0 aliphatic heterocycles. The summed E-state index contributed by atoms with van der Waals surface area (Å²) in [6.07, 6.45) is 3.59. The van der Waals surface area contributed by atoms with Gasteiger partial charge in [-0.2, -0.15) is 5.10 Å². The molecule has 0 aliphatic rings. The third kappa shape index (κ3) is 2.71. The van der Waals surface area contributed by atoms with Crippen LogP contribution < -0.4 is 5.32 Å². The fourth-order valence-corrected chi connectivity index (χ4v) is 2.58. The average molecular weight is 348 g/mol. The van der Waals surface area contributed by atoms with Crippen molar-refractivity contribution in [1.29, 1.82) is 0 Å². The molecule has 0 aliphatic carbocycles. The molecule has 6 heteroatoms. The fourth-order valence-electron chi connectivity index (χ4n) is 2.24. The molecule has 0 saturated carbocycles. The summed E-state index contributed by atoms with van der Waals surface area (Å²) in [6.45, 7) is 2.31. The van der Waals surface area contributed by atoms with Gasteiger partial charge in [-0.05, 0) is 25.1 Å². The average Bonchev–Trinajstić information content (AvgIpc) is 3.00. The lowest BCUT2D eigenvalue weighted by Crippen LogP contribution is -2.22. The number of nitrogens with zero attached hydrogens (tertiary/aromatic N) is 2. The van der Waals surface area contributed by atoms with Crippen LogP contribution in [-0.4, -0.2) is 15.7 Å². The van der Waals surface area contributed by atoms with Gasteiger partial charge >= 0.3 is 0 Å². The Morgan fingerprint density at radius 3 is 3.00 bits per heavy atom. The summed E-state index contributed by atoms with van der Waals surface area (Å²) in [4.78, 5) is 12.3. The van der Waals surface area contributed by atoms with E-state index < -0.39 is 0 Å². The van der Waals surface area contributed by atoms with Crippen LogP contribution in [0.4, 0.5) is 0 Å². The third-order valence-electron chi connectivity index (χ3n) is 3.32. The number of rotatable bonds is 3. The van der Waals surface area contributed by atoms with E-state index in [4.69, 9.17) is 4.42 Å². The molecule has 1 aromatic carbocycles. The molecular formula is C15H14BrN3O2. The van der Waals surface area contributed by atoms with Gasteiger partial charge in [-0.1, -0.05) is 15.9 Å².